The van der Waals surface area contributed by atoms with Crippen LogP contribution in [0.5, 0.6) is 0 Å². The van der Waals surface area contributed by atoms with Crippen LogP contribution in [0.25, 0.3) is 0 Å². The molecule has 1 aromatic rings. The molecule has 6 heteroatoms. The largest absolute Gasteiger partial charge is 0.339 e. The summed E-state index contributed by atoms with van der Waals surface area (Å²) in [6.07, 6.45) is 3.31. The summed E-state index contributed by atoms with van der Waals surface area (Å²) in [7, 11) is 1.80. The SMILES string of the molecule is CC1CC1CN(C)C(=O)c1noc(C2CCCN2)n1. The van der Waals surface area contributed by atoms with Gasteiger partial charge in [0.05, 0.1) is 6.04 Å². The second-order valence-electron chi connectivity index (χ2n) is 5.76. The quantitative estimate of drug-likeness (QED) is 0.885. The van der Waals surface area contributed by atoms with E-state index in [1.165, 1.54) is 6.42 Å². The normalized spacial score (nSPS) is 29.5. The van der Waals surface area contributed by atoms with Crippen molar-refractivity contribution in [1.82, 2.24) is 20.4 Å². The summed E-state index contributed by atoms with van der Waals surface area (Å²) in [6.45, 7) is 3.96. The van der Waals surface area contributed by atoms with Gasteiger partial charge in [0.25, 0.3) is 11.7 Å². The molecule has 1 saturated carbocycles. The molecule has 1 saturated heterocycles. The third kappa shape index (κ3) is 2.63. The number of rotatable bonds is 4. The van der Waals surface area contributed by atoms with Gasteiger partial charge in [-0.05, 0) is 37.6 Å². The lowest BCUT2D eigenvalue weighted by Crippen LogP contribution is -2.30. The van der Waals surface area contributed by atoms with E-state index in [-0.39, 0.29) is 17.8 Å². The predicted molar refractivity (Wildman–Crippen MR) is 68.5 cm³/mol. The summed E-state index contributed by atoms with van der Waals surface area (Å²) in [5.41, 5.74) is 0. The van der Waals surface area contributed by atoms with E-state index in [1.807, 2.05) is 0 Å². The second-order valence-corrected chi connectivity index (χ2v) is 5.76. The van der Waals surface area contributed by atoms with Gasteiger partial charge in [-0.25, -0.2) is 0 Å². The smallest absolute Gasteiger partial charge is 0.295 e. The van der Waals surface area contributed by atoms with E-state index in [4.69, 9.17) is 4.52 Å². The number of amides is 1. The fourth-order valence-electron chi connectivity index (χ4n) is 2.62. The first-order chi connectivity index (χ1) is 9.15. The van der Waals surface area contributed by atoms with Crippen LogP contribution >= 0.6 is 0 Å². The molecule has 104 valence electrons. The number of nitrogens with zero attached hydrogens (tertiary/aromatic N) is 3. The molecule has 0 aromatic carbocycles. The molecule has 3 rings (SSSR count). The lowest BCUT2D eigenvalue weighted by molar-refractivity contribution is 0.0771. The van der Waals surface area contributed by atoms with Crippen LogP contribution in [0.15, 0.2) is 4.52 Å². The molecule has 1 N–H and O–H groups in total. The highest BCUT2D eigenvalue weighted by Crippen LogP contribution is 2.38. The van der Waals surface area contributed by atoms with Crippen LogP contribution in [0.3, 0.4) is 0 Å². The number of hydrogen-bond acceptors (Lipinski definition) is 5. The Hall–Kier alpha value is -1.43. The minimum atomic E-state index is -0.146. The number of aromatic nitrogens is 2. The molecule has 1 aliphatic heterocycles. The number of hydrogen-bond donors (Lipinski definition) is 1. The van der Waals surface area contributed by atoms with E-state index >= 15 is 0 Å². The van der Waals surface area contributed by atoms with E-state index in [0.717, 1.165) is 31.8 Å². The van der Waals surface area contributed by atoms with Crippen LogP contribution in [0.1, 0.15) is 48.7 Å². The van der Waals surface area contributed by atoms with Crippen LogP contribution < -0.4 is 5.32 Å². The Morgan fingerprint density at radius 3 is 3.00 bits per heavy atom. The van der Waals surface area contributed by atoms with Crippen molar-refractivity contribution >= 4 is 5.91 Å². The first-order valence-electron chi connectivity index (χ1n) is 6.97. The van der Waals surface area contributed by atoms with Crippen LogP contribution in [-0.2, 0) is 0 Å². The summed E-state index contributed by atoms with van der Waals surface area (Å²) in [5, 5.41) is 7.09. The second kappa shape index (κ2) is 4.92. The summed E-state index contributed by atoms with van der Waals surface area (Å²) in [5.74, 6) is 1.94. The van der Waals surface area contributed by atoms with Crippen molar-refractivity contribution in [3.05, 3.63) is 11.7 Å². The summed E-state index contributed by atoms with van der Waals surface area (Å²) in [6, 6.07) is 0.114. The minimum absolute atomic E-state index is 0.114. The van der Waals surface area contributed by atoms with Crippen molar-refractivity contribution in [3.8, 4) is 0 Å². The van der Waals surface area contributed by atoms with Crippen molar-refractivity contribution in [3.63, 3.8) is 0 Å². The molecule has 6 nitrogen and oxygen atoms in total. The fraction of sp³-hybridized carbons (Fsp3) is 0.769. The summed E-state index contributed by atoms with van der Waals surface area (Å²) < 4.78 is 5.19. The standard InChI is InChI=1S/C13H20N4O2/c1-8-6-9(8)7-17(2)13(18)11-15-12(19-16-11)10-4-3-5-14-10/h8-10,14H,3-7H2,1-2H3. The fourth-order valence-corrected chi connectivity index (χ4v) is 2.62. The third-order valence-electron chi connectivity index (χ3n) is 4.12. The van der Waals surface area contributed by atoms with Gasteiger partial charge in [-0.3, -0.25) is 4.79 Å². The molecule has 1 aliphatic carbocycles. The van der Waals surface area contributed by atoms with E-state index in [2.05, 4.69) is 22.4 Å². The van der Waals surface area contributed by atoms with E-state index in [9.17, 15) is 4.79 Å². The Balaban J connectivity index is 1.62. The number of carbonyl (C=O) groups is 1. The topological polar surface area (TPSA) is 71.3 Å². The van der Waals surface area contributed by atoms with Gasteiger partial charge in [0.15, 0.2) is 0 Å². The zero-order valence-electron chi connectivity index (χ0n) is 11.4. The molecular formula is C13H20N4O2. The molecule has 0 bridgehead atoms. The number of carbonyl (C=O) groups excluding carboxylic acids is 1. The van der Waals surface area contributed by atoms with Gasteiger partial charge in [-0.2, -0.15) is 4.98 Å². The highest BCUT2D eigenvalue weighted by atomic mass is 16.5. The number of nitrogens with one attached hydrogen (secondary N) is 1. The molecule has 2 aliphatic rings. The molecule has 3 atom stereocenters. The van der Waals surface area contributed by atoms with Gasteiger partial charge < -0.3 is 14.7 Å². The molecule has 0 spiro atoms. The van der Waals surface area contributed by atoms with Crippen LogP contribution in [0.4, 0.5) is 0 Å². The average molecular weight is 264 g/mol. The van der Waals surface area contributed by atoms with Gasteiger partial charge in [-0.1, -0.05) is 12.1 Å². The van der Waals surface area contributed by atoms with Gasteiger partial charge in [0.2, 0.25) is 5.89 Å². The Morgan fingerprint density at radius 2 is 2.37 bits per heavy atom. The Morgan fingerprint density at radius 1 is 1.58 bits per heavy atom. The van der Waals surface area contributed by atoms with Crippen molar-refractivity contribution < 1.29 is 9.32 Å². The van der Waals surface area contributed by atoms with Crippen LogP contribution in [0, 0.1) is 11.8 Å². The summed E-state index contributed by atoms with van der Waals surface area (Å²) >= 11 is 0. The van der Waals surface area contributed by atoms with Gasteiger partial charge in [0.1, 0.15) is 0 Å². The Labute approximate surface area is 112 Å². The molecule has 2 fully saturated rings. The third-order valence-corrected chi connectivity index (χ3v) is 4.12. The average Bonchev–Trinajstić information content (AvgIpc) is 2.90. The van der Waals surface area contributed by atoms with Crippen LogP contribution in [0.2, 0.25) is 0 Å². The molecule has 1 aromatic heterocycles. The zero-order valence-corrected chi connectivity index (χ0v) is 11.4. The van der Waals surface area contributed by atoms with Crippen LogP contribution in [-0.4, -0.2) is 41.1 Å². The van der Waals surface area contributed by atoms with E-state index in [0.29, 0.717) is 11.8 Å². The molecule has 2 heterocycles. The van der Waals surface area contributed by atoms with E-state index < -0.39 is 0 Å². The highest BCUT2D eigenvalue weighted by Gasteiger charge is 2.35. The molecule has 19 heavy (non-hydrogen) atoms. The van der Waals surface area contributed by atoms with Gasteiger partial charge in [-0.15, -0.1) is 0 Å². The van der Waals surface area contributed by atoms with Crippen molar-refractivity contribution in [2.75, 3.05) is 20.1 Å². The maximum absolute atomic E-state index is 12.2. The lowest BCUT2D eigenvalue weighted by Gasteiger charge is -2.14. The maximum Gasteiger partial charge on any atom is 0.295 e. The highest BCUT2D eigenvalue weighted by molar-refractivity contribution is 5.90. The predicted octanol–water partition coefficient (Wildman–Crippen LogP) is 1.22. The van der Waals surface area contributed by atoms with Gasteiger partial charge in [0, 0.05) is 13.6 Å². The zero-order chi connectivity index (χ0) is 13.4. The van der Waals surface area contributed by atoms with Crippen molar-refractivity contribution in [2.45, 2.75) is 32.2 Å². The monoisotopic (exact) mass is 264 g/mol. The van der Waals surface area contributed by atoms with Crippen molar-refractivity contribution in [2.24, 2.45) is 11.8 Å². The van der Waals surface area contributed by atoms with Crippen molar-refractivity contribution in [1.29, 1.82) is 0 Å². The lowest BCUT2D eigenvalue weighted by atomic mass is 10.2. The molecule has 3 unspecified atom stereocenters. The summed E-state index contributed by atoms with van der Waals surface area (Å²) in [4.78, 5) is 18.1. The Kier molecular flexibility index (Phi) is 3.26. The molecular weight excluding hydrogens is 244 g/mol. The van der Waals surface area contributed by atoms with Gasteiger partial charge >= 0.3 is 0 Å². The maximum atomic E-state index is 12.2. The minimum Gasteiger partial charge on any atom is -0.339 e. The Bertz CT molecular complexity index is 467. The molecule has 1 amide bonds. The first kappa shape index (κ1) is 12.6. The molecule has 0 radical (unpaired) electrons. The van der Waals surface area contributed by atoms with E-state index in [1.54, 1.807) is 11.9 Å². The first-order valence-corrected chi connectivity index (χ1v) is 6.97.